The minimum absolute atomic E-state index is 0.166. The number of carbonyl (C=O) groups is 2. The van der Waals surface area contributed by atoms with Crippen LogP contribution in [0.4, 0.5) is 4.79 Å². The predicted octanol–water partition coefficient (Wildman–Crippen LogP) is 0.962. The maximum absolute atomic E-state index is 11.9. The molecular formula is C13H22N2O4. The Morgan fingerprint density at radius 3 is 2.53 bits per heavy atom. The van der Waals surface area contributed by atoms with Crippen molar-refractivity contribution in [2.45, 2.75) is 43.7 Å². The van der Waals surface area contributed by atoms with Gasteiger partial charge in [0.15, 0.2) is 0 Å². The lowest BCUT2D eigenvalue weighted by Gasteiger charge is -2.29. The van der Waals surface area contributed by atoms with Crippen LogP contribution in [0.15, 0.2) is 12.7 Å². The van der Waals surface area contributed by atoms with Gasteiger partial charge in [-0.2, -0.15) is 0 Å². The van der Waals surface area contributed by atoms with Gasteiger partial charge >= 0.3 is 12.0 Å². The minimum atomic E-state index is -1.10. The van der Waals surface area contributed by atoms with Crippen molar-refractivity contribution in [2.75, 3.05) is 13.6 Å². The Morgan fingerprint density at radius 1 is 1.47 bits per heavy atom. The molecular weight excluding hydrogens is 248 g/mol. The summed E-state index contributed by atoms with van der Waals surface area (Å²) in [5.74, 6) is -1.10. The first-order valence-electron chi connectivity index (χ1n) is 6.46. The number of rotatable bonds is 6. The zero-order valence-corrected chi connectivity index (χ0v) is 11.3. The van der Waals surface area contributed by atoms with Gasteiger partial charge in [0.05, 0.1) is 12.1 Å². The Kier molecular flexibility index (Phi) is 5.35. The fraction of sp³-hybridized carbons (Fsp3) is 0.692. The lowest BCUT2D eigenvalue weighted by molar-refractivity contribution is -0.139. The number of hydrogen-bond acceptors (Lipinski definition) is 3. The van der Waals surface area contributed by atoms with Gasteiger partial charge in [-0.25, -0.2) is 9.59 Å². The van der Waals surface area contributed by atoms with E-state index in [1.165, 1.54) is 11.0 Å². The molecule has 0 saturated heterocycles. The molecule has 0 radical (unpaired) electrons. The molecule has 108 valence electrons. The maximum atomic E-state index is 11.9. The fourth-order valence-corrected chi connectivity index (χ4v) is 2.35. The van der Waals surface area contributed by atoms with Crippen LogP contribution in [0, 0.1) is 0 Å². The molecule has 1 unspecified atom stereocenters. The summed E-state index contributed by atoms with van der Waals surface area (Å²) in [7, 11) is 1.55. The van der Waals surface area contributed by atoms with Crippen LogP contribution in [0.25, 0.3) is 0 Å². The number of carboxylic acid groups (broad SMARTS) is 1. The second-order valence-electron chi connectivity index (χ2n) is 5.15. The Bertz CT molecular complexity index is 351. The standard InChI is InChI=1S/C13H22N2O4/c1-3-6-10(11(16)17)14-12(18)15(2)9-13(19)7-4-5-8-13/h3,10,19H,1,4-9H2,2H3,(H,14,18)(H,16,17). The number of likely N-dealkylation sites (N-methyl/N-ethyl adjacent to an activating group) is 1. The highest BCUT2D eigenvalue weighted by Gasteiger charge is 2.34. The van der Waals surface area contributed by atoms with Crippen molar-refractivity contribution in [3.05, 3.63) is 12.7 Å². The lowest BCUT2D eigenvalue weighted by Crippen LogP contribution is -2.50. The highest BCUT2D eigenvalue weighted by molar-refractivity contribution is 5.82. The molecule has 0 aromatic heterocycles. The van der Waals surface area contributed by atoms with Gasteiger partial charge in [0.25, 0.3) is 0 Å². The average molecular weight is 270 g/mol. The molecule has 0 aliphatic heterocycles. The van der Waals surface area contributed by atoms with E-state index in [1.807, 2.05) is 0 Å². The van der Waals surface area contributed by atoms with Gasteiger partial charge in [-0.1, -0.05) is 18.9 Å². The molecule has 6 nitrogen and oxygen atoms in total. The van der Waals surface area contributed by atoms with Gasteiger partial charge in [0.1, 0.15) is 6.04 Å². The van der Waals surface area contributed by atoms with Gasteiger partial charge in [-0.3, -0.25) is 0 Å². The van der Waals surface area contributed by atoms with Crippen LogP contribution in [-0.2, 0) is 4.79 Å². The first-order valence-corrected chi connectivity index (χ1v) is 6.46. The van der Waals surface area contributed by atoms with E-state index < -0.39 is 23.6 Å². The third kappa shape index (κ3) is 4.55. The number of carboxylic acids is 1. The summed E-state index contributed by atoms with van der Waals surface area (Å²) >= 11 is 0. The largest absolute Gasteiger partial charge is 0.480 e. The Hall–Kier alpha value is -1.56. The van der Waals surface area contributed by atoms with Crippen molar-refractivity contribution in [3.8, 4) is 0 Å². The molecule has 0 aromatic rings. The van der Waals surface area contributed by atoms with Gasteiger partial charge < -0.3 is 20.4 Å². The number of amides is 2. The minimum Gasteiger partial charge on any atom is -0.480 e. The molecule has 1 fully saturated rings. The van der Waals surface area contributed by atoms with Crippen LogP contribution in [0.5, 0.6) is 0 Å². The number of nitrogens with one attached hydrogen (secondary N) is 1. The highest BCUT2D eigenvalue weighted by Crippen LogP contribution is 2.29. The molecule has 1 atom stereocenters. The number of hydrogen-bond donors (Lipinski definition) is 3. The molecule has 0 aromatic carbocycles. The fourth-order valence-electron chi connectivity index (χ4n) is 2.35. The van der Waals surface area contributed by atoms with Gasteiger partial charge in [-0.15, -0.1) is 6.58 Å². The quantitative estimate of drug-likeness (QED) is 0.627. The number of aliphatic hydroxyl groups is 1. The summed E-state index contributed by atoms with van der Waals surface area (Å²) in [4.78, 5) is 24.1. The van der Waals surface area contributed by atoms with Crippen LogP contribution in [-0.4, -0.2) is 52.3 Å². The topological polar surface area (TPSA) is 89.9 Å². The monoisotopic (exact) mass is 270 g/mol. The molecule has 1 aliphatic rings. The first kappa shape index (κ1) is 15.5. The molecule has 1 aliphatic carbocycles. The van der Waals surface area contributed by atoms with Crippen LogP contribution < -0.4 is 5.32 Å². The molecule has 0 bridgehead atoms. The predicted molar refractivity (Wildman–Crippen MR) is 70.8 cm³/mol. The van der Waals surface area contributed by atoms with Crippen molar-refractivity contribution in [1.82, 2.24) is 10.2 Å². The van der Waals surface area contributed by atoms with E-state index in [9.17, 15) is 14.7 Å². The van der Waals surface area contributed by atoms with Crippen molar-refractivity contribution in [3.63, 3.8) is 0 Å². The highest BCUT2D eigenvalue weighted by atomic mass is 16.4. The second kappa shape index (κ2) is 6.56. The molecule has 3 N–H and O–H groups in total. The Balaban J connectivity index is 2.51. The SMILES string of the molecule is C=CCC(NC(=O)N(C)CC1(O)CCCC1)C(=O)O. The van der Waals surface area contributed by atoms with Crippen LogP contribution in [0.3, 0.4) is 0 Å². The van der Waals surface area contributed by atoms with E-state index in [0.29, 0.717) is 12.8 Å². The summed E-state index contributed by atoms with van der Waals surface area (Å²) < 4.78 is 0. The van der Waals surface area contributed by atoms with E-state index in [-0.39, 0.29) is 13.0 Å². The average Bonchev–Trinajstić information content (AvgIpc) is 2.74. The summed E-state index contributed by atoms with van der Waals surface area (Å²) in [5.41, 5.74) is -0.830. The van der Waals surface area contributed by atoms with Crippen molar-refractivity contribution < 1.29 is 19.8 Å². The van der Waals surface area contributed by atoms with Crippen molar-refractivity contribution >= 4 is 12.0 Å². The number of carbonyl (C=O) groups excluding carboxylic acids is 1. The second-order valence-corrected chi connectivity index (χ2v) is 5.15. The van der Waals surface area contributed by atoms with Crippen LogP contribution in [0.1, 0.15) is 32.1 Å². The third-order valence-electron chi connectivity index (χ3n) is 3.41. The van der Waals surface area contributed by atoms with Gasteiger partial charge in [0, 0.05) is 7.05 Å². The molecule has 2 amide bonds. The van der Waals surface area contributed by atoms with Crippen LogP contribution in [0.2, 0.25) is 0 Å². The number of nitrogens with zero attached hydrogens (tertiary/aromatic N) is 1. The first-order chi connectivity index (χ1) is 8.88. The third-order valence-corrected chi connectivity index (χ3v) is 3.41. The number of urea groups is 1. The molecule has 1 rings (SSSR count). The lowest BCUT2D eigenvalue weighted by atomic mass is 10.0. The van der Waals surface area contributed by atoms with E-state index in [4.69, 9.17) is 5.11 Å². The van der Waals surface area contributed by atoms with Crippen molar-refractivity contribution in [1.29, 1.82) is 0 Å². The molecule has 6 heteroatoms. The zero-order chi connectivity index (χ0) is 14.5. The summed E-state index contributed by atoms with van der Waals surface area (Å²) in [5, 5.41) is 21.6. The maximum Gasteiger partial charge on any atom is 0.326 e. The van der Waals surface area contributed by atoms with Crippen molar-refractivity contribution in [2.24, 2.45) is 0 Å². The summed E-state index contributed by atoms with van der Waals surface area (Å²) in [6.45, 7) is 3.68. The van der Waals surface area contributed by atoms with E-state index in [0.717, 1.165) is 12.8 Å². The Morgan fingerprint density at radius 2 is 2.05 bits per heavy atom. The molecule has 1 saturated carbocycles. The normalized spacial score (nSPS) is 18.6. The van der Waals surface area contributed by atoms with E-state index in [2.05, 4.69) is 11.9 Å². The smallest absolute Gasteiger partial charge is 0.326 e. The Labute approximate surface area is 113 Å². The van der Waals surface area contributed by atoms with Crippen LogP contribution >= 0.6 is 0 Å². The van der Waals surface area contributed by atoms with Gasteiger partial charge in [-0.05, 0) is 19.3 Å². The zero-order valence-electron chi connectivity index (χ0n) is 11.3. The summed E-state index contributed by atoms with van der Waals surface area (Å²) in [6, 6.07) is -1.47. The van der Waals surface area contributed by atoms with E-state index >= 15 is 0 Å². The molecule has 0 heterocycles. The molecule has 0 spiro atoms. The number of aliphatic carboxylic acids is 1. The van der Waals surface area contributed by atoms with Gasteiger partial charge in [0.2, 0.25) is 0 Å². The molecule has 19 heavy (non-hydrogen) atoms. The van der Waals surface area contributed by atoms with E-state index in [1.54, 1.807) is 7.05 Å². The summed E-state index contributed by atoms with van der Waals surface area (Å²) in [6.07, 6.45) is 4.89.